The van der Waals surface area contributed by atoms with Crippen molar-refractivity contribution in [2.75, 3.05) is 17.5 Å². The summed E-state index contributed by atoms with van der Waals surface area (Å²) in [7, 11) is -4.18. The molecule has 0 unspecified atom stereocenters. The fourth-order valence-electron chi connectivity index (χ4n) is 5.10. The predicted molar refractivity (Wildman–Crippen MR) is 182 cm³/mol. The molecule has 0 radical (unpaired) electrons. The number of ether oxygens (including phenoxy) is 1. The highest BCUT2D eigenvalue weighted by atomic mass is 32.2. The van der Waals surface area contributed by atoms with E-state index in [2.05, 4.69) is 5.32 Å². The van der Waals surface area contributed by atoms with Crippen molar-refractivity contribution in [3.8, 4) is 5.75 Å². The first-order chi connectivity index (χ1) is 21.9. The first-order valence-electron chi connectivity index (χ1n) is 15.4. The second kappa shape index (κ2) is 15.1. The summed E-state index contributed by atoms with van der Waals surface area (Å²) in [4.78, 5) is 30.2. The van der Waals surface area contributed by atoms with Crippen LogP contribution in [0.25, 0.3) is 0 Å². The summed E-state index contributed by atoms with van der Waals surface area (Å²) in [5, 5.41) is 3.06. The quantitative estimate of drug-likeness (QED) is 0.189. The molecule has 0 heterocycles. The Labute approximate surface area is 273 Å². The predicted octanol–water partition coefficient (Wildman–Crippen LogP) is 6.14. The lowest BCUT2D eigenvalue weighted by atomic mass is 10.00. The smallest absolute Gasteiger partial charge is 0.264 e. The van der Waals surface area contributed by atoms with Gasteiger partial charge in [0.2, 0.25) is 11.8 Å². The number of anilines is 1. The maximum atomic E-state index is 14.6. The number of rotatable bonds is 13. The summed E-state index contributed by atoms with van der Waals surface area (Å²) in [6.07, 6.45) is 0.245. The SMILES string of the molecule is CCOc1ccc(N(CC(=O)N(Cc2ccccc2C)[C@H](Cc2ccccc2)C(=O)NC(C)(C)C)S(=O)(=O)c2ccccc2)cc1. The zero-order valence-electron chi connectivity index (χ0n) is 27.1. The minimum atomic E-state index is -4.18. The first-order valence-corrected chi connectivity index (χ1v) is 16.8. The third-order valence-electron chi connectivity index (χ3n) is 7.42. The van der Waals surface area contributed by atoms with E-state index in [9.17, 15) is 18.0 Å². The molecule has 9 heteroatoms. The molecule has 0 aliphatic heterocycles. The highest BCUT2D eigenvalue weighted by Gasteiger charge is 2.35. The van der Waals surface area contributed by atoms with E-state index >= 15 is 0 Å². The molecule has 0 saturated carbocycles. The van der Waals surface area contributed by atoms with Gasteiger partial charge in [-0.05, 0) is 87.7 Å². The van der Waals surface area contributed by atoms with Gasteiger partial charge in [0, 0.05) is 18.5 Å². The number of carbonyl (C=O) groups excluding carboxylic acids is 2. The summed E-state index contributed by atoms with van der Waals surface area (Å²) in [6.45, 7) is 9.52. The number of nitrogens with zero attached hydrogens (tertiary/aromatic N) is 2. The van der Waals surface area contributed by atoms with E-state index in [-0.39, 0.29) is 23.8 Å². The lowest BCUT2D eigenvalue weighted by Gasteiger charge is -2.35. The monoisotopic (exact) mass is 641 g/mol. The van der Waals surface area contributed by atoms with Gasteiger partial charge in [-0.3, -0.25) is 13.9 Å². The Morgan fingerprint density at radius 1 is 0.826 bits per heavy atom. The summed E-state index contributed by atoms with van der Waals surface area (Å²) < 4.78 is 35.0. The molecule has 1 atom stereocenters. The lowest BCUT2D eigenvalue weighted by molar-refractivity contribution is -0.140. The van der Waals surface area contributed by atoms with E-state index < -0.39 is 34.1 Å². The topological polar surface area (TPSA) is 96.0 Å². The zero-order chi connectivity index (χ0) is 33.3. The molecule has 0 fully saturated rings. The molecule has 46 heavy (non-hydrogen) atoms. The molecule has 0 spiro atoms. The Kier molecular flexibility index (Phi) is 11.2. The van der Waals surface area contributed by atoms with Gasteiger partial charge in [0.25, 0.3) is 10.0 Å². The minimum Gasteiger partial charge on any atom is -0.494 e. The van der Waals surface area contributed by atoms with Crippen LogP contribution in [-0.4, -0.2) is 49.9 Å². The standard InChI is InChI=1S/C37H43N3O5S/c1-6-45-32-23-21-31(22-24-32)40(46(43,44)33-19-11-8-12-20-33)27-35(41)39(26-30-18-14-13-15-28(30)2)34(36(42)38-37(3,4)5)25-29-16-9-7-10-17-29/h7-24,34H,6,25-27H2,1-5H3,(H,38,42)/t34-/m1/s1. The Morgan fingerprint density at radius 2 is 1.41 bits per heavy atom. The Bertz CT molecular complexity index is 1700. The average molecular weight is 642 g/mol. The number of carbonyl (C=O) groups is 2. The van der Waals surface area contributed by atoms with Crippen molar-refractivity contribution >= 4 is 27.5 Å². The molecule has 0 bridgehead atoms. The largest absolute Gasteiger partial charge is 0.494 e. The van der Waals surface area contributed by atoms with E-state index in [1.54, 1.807) is 42.5 Å². The average Bonchev–Trinajstić information content (AvgIpc) is 3.03. The van der Waals surface area contributed by atoms with Crippen LogP contribution in [0, 0.1) is 6.92 Å². The number of hydrogen-bond donors (Lipinski definition) is 1. The van der Waals surface area contributed by atoms with Gasteiger partial charge in [0.1, 0.15) is 18.3 Å². The van der Waals surface area contributed by atoms with Crippen LogP contribution in [-0.2, 0) is 32.6 Å². The Hall–Kier alpha value is -4.63. The molecule has 8 nitrogen and oxygen atoms in total. The highest BCUT2D eigenvalue weighted by Crippen LogP contribution is 2.27. The van der Waals surface area contributed by atoms with Crippen molar-refractivity contribution < 1.29 is 22.7 Å². The molecule has 4 aromatic rings. The molecular formula is C37H43N3O5S. The van der Waals surface area contributed by atoms with E-state index in [0.717, 1.165) is 21.0 Å². The van der Waals surface area contributed by atoms with Crippen LogP contribution in [0.3, 0.4) is 0 Å². The van der Waals surface area contributed by atoms with Crippen LogP contribution >= 0.6 is 0 Å². The van der Waals surface area contributed by atoms with Gasteiger partial charge in [0.15, 0.2) is 0 Å². The molecule has 0 aliphatic rings. The van der Waals surface area contributed by atoms with Gasteiger partial charge in [0.05, 0.1) is 17.2 Å². The second-order valence-electron chi connectivity index (χ2n) is 12.1. The van der Waals surface area contributed by atoms with Crippen molar-refractivity contribution in [2.45, 2.75) is 64.1 Å². The van der Waals surface area contributed by atoms with Crippen LogP contribution < -0.4 is 14.4 Å². The maximum Gasteiger partial charge on any atom is 0.264 e. The maximum absolute atomic E-state index is 14.6. The molecule has 242 valence electrons. The summed E-state index contributed by atoms with van der Waals surface area (Å²) in [6, 6.07) is 30.9. The van der Waals surface area contributed by atoms with Gasteiger partial charge in [-0.2, -0.15) is 0 Å². The summed E-state index contributed by atoms with van der Waals surface area (Å²) in [5.74, 6) is -0.254. The van der Waals surface area contributed by atoms with Crippen molar-refractivity contribution in [1.29, 1.82) is 0 Å². The van der Waals surface area contributed by atoms with Crippen molar-refractivity contribution in [1.82, 2.24) is 10.2 Å². The number of amides is 2. The van der Waals surface area contributed by atoms with Gasteiger partial charge in [-0.25, -0.2) is 8.42 Å². The highest BCUT2D eigenvalue weighted by molar-refractivity contribution is 7.92. The third kappa shape index (κ3) is 8.97. The number of sulfonamides is 1. The van der Waals surface area contributed by atoms with Crippen molar-refractivity contribution in [2.24, 2.45) is 0 Å². The van der Waals surface area contributed by atoms with E-state index in [1.807, 2.05) is 89.2 Å². The van der Waals surface area contributed by atoms with Gasteiger partial charge in [-0.1, -0.05) is 72.8 Å². The molecule has 1 N–H and O–H groups in total. The molecule has 0 aliphatic carbocycles. The lowest BCUT2D eigenvalue weighted by Crippen LogP contribution is -2.56. The molecule has 0 aromatic heterocycles. The number of benzene rings is 4. The van der Waals surface area contributed by atoms with E-state index in [0.29, 0.717) is 18.0 Å². The molecular weight excluding hydrogens is 598 g/mol. The van der Waals surface area contributed by atoms with Crippen LogP contribution in [0.15, 0.2) is 114 Å². The molecule has 4 rings (SSSR count). The van der Waals surface area contributed by atoms with Crippen LogP contribution in [0.4, 0.5) is 5.69 Å². The van der Waals surface area contributed by atoms with Crippen molar-refractivity contribution in [3.05, 3.63) is 126 Å². The molecule has 2 amide bonds. The van der Waals surface area contributed by atoms with E-state index in [1.165, 1.54) is 17.0 Å². The molecule has 0 saturated heterocycles. The summed E-state index contributed by atoms with van der Waals surface area (Å²) >= 11 is 0. The normalized spacial score (nSPS) is 12.2. The Morgan fingerprint density at radius 3 is 2.00 bits per heavy atom. The van der Waals surface area contributed by atoms with E-state index in [4.69, 9.17) is 4.74 Å². The number of nitrogens with one attached hydrogen (secondary N) is 1. The fraction of sp³-hybridized carbons (Fsp3) is 0.297. The van der Waals surface area contributed by atoms with Crippen LogP contribution in [0.1, 0.15) is 44.4 Å². The number of hydrogen-bond acceptors (Lipinski definition) is 5. The van der Waals surface area contributed by atoms with Crippen LogP contribution in [0.2, 0.25) is 0 Å². The van der Waals surface area contributed by atoms with Gasteiger partial charge in [-0.15, -0.1) is 0 Å². The fourth-order valence-corrected chi connectivity index (χ4v) is 6.54. The third-order valence-corrected chi connectivity index (χ3v) is 9.21. The zero-order valence-corrected chi connectivity index (χ0v) is 28.0. The second-order valence-corrected chi connectivity index (χ2v) is 14.0. The van der Waals surface area contributed by atoms with Crippen LogP contribution in [0.5, 0.6) is 5.75 Å². The van der Waals surface area contributed by atoms with Gasteiger partial charge < -0.3 is 15.0 Å². The molecule has 4 aromatic carbocycles. The minimum absolute atomic E-state index is 0.0495. The Balaban J connectivity index is 1.82. The summed E-state index contributed by atoms with van der Waals surface area (Å²) in [5.41, 5.74) is 2.43. The first kappa shape index (κ1) is 34.2. The van der Waals surface area contributed by atoms with Crippen molar-refractivity contribution in [3.63, 3.8) is 0 Å². The van der Waals surface area contributed by atoms with Gasteiger partial charge >= 0.3 is 0 Å². The number of aryl methyl sites for hydroxylation is 1.